The number of fused-ring (bicyclic) bond motifs is 3. The quantitative estimate of drug-likeness (QED) is 0.525. The molecule has 3 N–H and O–H groups in total. The summed E-state index contributed by atoms with van der Waals surface area (Å²) in [6, 6.07) is 15.5. The van der Waals surface area contributed by atoms with Crippen LogP contribution in [0.5, 0.6) is 0 Å². The number of ether oxygens (including phenoxy) is 1. The van der Waals surface area contributed by atoms with Crippen molar-refractivity contribution >= 4 is 18.0 Å². The fourth-order valence-corrected chi connectivity index (χ4v) is 5.21. The summed E-state index contributed by atoms with van der Waals surface area (Å²) in [6.07, 6.45) is 3.49. The fourth-order valence-electron chi connectivity index (χ4n) is 5.21. The number of aliphatic carboxylic acids is 1. The highest BCUT2D eigenvalue weighted by Crippen LogP contribution is 2.44. The third-order valence-corrected chi connectivity index (χ3v) is 6.88. The maximum absolute atomic E-state index is 12.5. The number of carbonyl (C=O) groups is 3. The van der Waals surface area contributed by atoms with Crippen LogP contribution in [0.3, 0.4) is 0 Å². The van der Waals surface area contributed by atoms with Crippen LogP contribution in [0.25, 0.3) is 11.1 Å². The van der Waals surface area contributed by atoms with Gasteiger partial charge in [0.25, 0.3) is 0 Å². The first-order valence-electron chi connectivity index (χ1n) is 12.1. The lowest BCUT2D eigenvalue weighted by molar-refractivity contribution is -0.143. The largest absolute Gasteiger partial charge is 0.481 e. The molecule has 2 aromatic rings. The summed E-state index contributed by atoms with van der Waals surface area (Å²) >= 11 is 0. The van der Waals surface area contributed by atoms with Crippen LogP contribution in [0.15, 0.2) is 48.5 Å². The van der Waals surface area contributed by atoms with Crippen molar-refractivity contribution in [2.75, 3.05) is 6.61 Å². The molecule has 1 unspecified atom stereocenters. The third-order valence-electron chi connectivity index (χ3n) is 6.88. The number of carboxylic acid groups (broad SMARTS) is 1. The van der Waals surface area contributed by atoms with Gasteiger partial charge in [-0.15, -0.1) is 0 Å². The monoisotopic (exact) mass is 464 g/mol. The first-order chi connectivity index (χ1) is 16.4. The van der Waals surface area contributed by atoms with Crippen LogP contribution in [0.4, 0.5) is 4.79 Å². The van der Waals surface area contributed by atoms with Crippen molar-refractivity contribution in [3.63, 3.8) is 0 Å². The van der Waals surface area contributed by atoms with Gasteiger partial charge in [0.05, 0.1) is 5.92 Å². The van der Waals surface area contributed by atoms with E-state index in [4.69, 9.17) is 4.74 Å². The topological polar surface area (TPSA) is 105 Å². The molecule has 7 heteroatoms. The van der Waals surface area contributed by atoms with Gasteiger partial charge < -0.3 is 20.5 Å². The molecule has 0 aliphatic heterocycles. The Labute approximate surface area is 199 Å². The standard InChI is InChI=1S/C27H32N2O5/c1-17(15-25(30)29-24-14-4-2-3-13-22(24)26(31)32)28-27(33)34-16-23-20-11-7-5-9-18(20)19-10-6-8-12-21(19)23/h5-12,17,22-24H,2-4,13-16H2,1H3,(H,28,33)(H,29,30)(H,31,32)/t17?,22-,24+/m1/s1. The summed E-state index contributed by atoms with van der Waals surface area (Å²) in [7, 11) is 0. The summed E-state index contributed by atoms with van der Waals surface area (Å²) < 4.78 is 5.55. The van der Waals surface area contributed by atoms with E-state index >= 15 is 0 Å². The molecule has 0 heterocycles. The van der Waals surface area contributed by atoms with Crippen molar-refractivity contribution < 1.29 is 24.2 Å². The number of carboxylic acids is 1. The number of hydrogen-bond acceptors (Lipinski definition) is 4. The van der Waals surface area contributed by atoms with Crippen LogP contribution < -0.4 is 10.6 Å². The van der Waals surface area contributed by atoms with Gasteiger partial charge in [-0.05, 0) is 42.0 Å². The molecule has 2 aromatic carbocycles. The predicted octanol–water partition coefficient (Wildman–Crippen LogP) is 4.45. The molecule has 3 atom stereocenters. The molecule has 180 valence electrons. The first-order valence-corrected chi connectivity index (χ1v) is 12.1. The molecule has 2 aliphatic carbocycles. The van der Waals surface area contributed by atoms with E-state index in [1.807, 2.05) is 24.3 Å². The normalized spacial score (nSPS) is 20.4. The molecule has 1 saturated carbocycles. The van der Waals surface area contributed by atoms with E-state index in [0.717, 1.165) is 41.5 Å². The molecule has 1 fully saturated rings. The predicted molar refractivity (Wildman–Crippen MR) is 128 cm³/mol. The van der Waals surface area contributed by atoms with E-state index in [0.29, 0.717) is 12.8 Å². The van der Waals surface area contributed by atoms with Crippen molar-refractivity contribution in [2.24, 2.45) is 5.92 Å². The van der Waals surface area contributed by atoms with Gasteiger partial charge in [0.2, 0.25) is 5.91 Å². The Morgan fingerprint density at radius 1 is 0.971 bits per heavy atom. The van der Waals surface area contributed by atoms with Crippen LogP contribution >= 0.6 is 0 Å². The number of alkyl carbamates (subject to hydrolysis) is 1. The lowest BCUT2D eigenvalue weighted by Gasteiger charge is -2.24. The Morgan fingerprint density at radius 3 is 2.24 bits per heavy atom. The molecule has 34 heavy (non-hydrogen) atoms. The zero-order valence-corrected chi connectivity index (χ0v) is 19.5. The van der Waals surface area contributed by atoms with Gasteiger partial charge in [-0.25, -0.2) is 4.79 Å². The van der Waals surface area contributed by atoms with Gasteiger partial charge >= 0.3 is 12.1 Å². The second-order valence-corrected chi connectivity index (χ2v) is 9.33. The SMILES string of the molecule is CC(CC(=O)N[C@H]1CCCCC[C@H]1C(=O)O)NC(=O)OCC1c2ccccc2-c2ccccc21. The number of nitrogens with one attached hydrogen (secondary N) is 2. The molecular weight excluding hydrogens is 432 g/mol. The van der Waals surface area contributed by atoms with E-state index in [2.05, 4.69) is 34.9 Å². The summed E-state index contributed by atoms with van der Waals surface area (Å²) in [6.45, 7) is 1.95. The smallest absolute Gasteiger partial charge is 0.407 e. The zero-order valence-electron chi connectivity index (χ0n) is 19.5. The molecule has 2 amide bonds. The Kier molecular flexibility index (Phi) is 7.50. The Bertz CT molecular complexity index is 1010. The first kappa shape index (κ1) is 23.8. The highest BCUT2D eigenvalue weighted by Gasteiger charge is 2.31. The summed E-state index contributed by atoms with van der Waals surface area (Å²) in [4.78, 5) is 36.6. The molecule has 0 radical (unpaired) electrons. The van der Waals surface area contributed by atoms with Crippen molar-refractivity contribution in [2.45, 2.75) is 63.5 Å². The van der Waals surface area contributed by atoms with Crippen molar-refractivity contribution in [3.05, 3.63) is 59.7 Å². The molecular formula is C27H32N2O5. The van der Waals surface area contributed by atoms with Crippen LogP contribution in [0, 0.1) is 5.92 Å². The van der Waals surface area contributed by atoms with E-state index in [9.17, 15) is 19.5 Å². The minimum atomic E-state index is -0.864. The molecule has 0 aromatic heterocycles. The number of amides is 2. The third kappa shape index (κ3) is 5.41. The molecule has 2 aliphatic rings. The number of hydrogen-bond donors (Lipinski definition) is 3. The Morgan fingerprint density at radius 2 is 1.59 bits per heavy atom. The highest BCUT2D eigenvalue weighted by atomic mass is 16.5. The Hall–Kier alpha value is -3.35. The molecule has 0 bridgehead atoms. The second kappa shape index (κ2) is 10.7. The van der Waals surface area contributed by atoms with E-state index < -0.39 is 24.0 Å². The average Bonchev–Trinajstić information content (AvgIpc) is 2.94. The number of carbonyl (C=O) groups excluding carboxylic acids is 2. The molecule has 0 saturated heterocycles. The summed E-state index contributed by atoms with van der Waals surface area (Å²) in [5, 5.41) is 15.1. The highest BCUT2D eigenvalue weighted by molar-refractivity contribution is 5.80. The van der Waals surface area contributed by atoms with Crippen molar-refractivity contribution in [3.8, 4) is 11.1 Å². The molecule has 0 spiro atoms. The average molecular weight is 465 g/mol. The van der Waals surface area contributed by atoms with Gasteiger partial charge in [-0.2, -0.15) is 0 Å². The van der Waals surface area contributed by atoms with Gasteiger partial charge in [-0.3, -0.25) is 9.59 Å². The minimum absolute atomic E-state index is 0.0278. The lowest BCUT2D eigenvalue weighted by Crippen LogP contribution is -2.45. The van der Waals surface area contributed by atoms with Crippen LogP contribution in [-0.2, 0) is 14.3 Å². The molecule has 7 nitrogen and oxygen atoms in total. The van der Waals surface area contributed by atoms with Crippen LogP contribution in [0.1, 0.15) is 62.5 Å². The maximum atomic E-state index is 12.5. The lowest BCUT2D eigenvalue weighted by atomic mass is 9.94. The van der Waals surface area contributed by atoms with Crippen LogP contribution in [-0.4, -0.2) is 41.8 Å². The van der Waals surface area contributed by atoms with Crippen molar-refractivity contribution in [1.29, 1.82) is 0 Å². The fraction of sp³-hybridized carbons (Fsp3) is 0.444. The van der Waals surface area contributed by atoms with E-state index in [1.165, 1.54) is 0 Å². The van der Waals surface area contributed by atoms with E-state index in [-0.39, 0.29) is 30.9 Å². The minimum Gasteiger partial charge on any atom is -0.481 e. The maximum Gasteiger partial charge on any atom is 0.407 e. The number of benzene rings is 2. The van der Waals surface area contributed by atoms with Gasteiger partial charge in [0, 0.05) is 24.4 Å². The van der Waals surface area contributed by atoms with Gasteiger partial charge in [0.1, 0.15) is 6.61 Å². The van der Waals surface area contributed by atoms with Gasteiger partial charge in [-0.1, -0.05) is 67.8 Å². The van der Waals surface area contributed by atoms with Gasteiger partial charge in [0.15, 0.2) is 0 Å². The molecule has 4 rings (SSSR count). The summed E-state index contributed by atoms with van der Waals surface area (Å²) in [5.41, 5.74) is 4.60. The zero-order chi connectivity index (χ0) is 24.1. The van der Waals surface area contributed by atoms with Crippen molar-refractivity contribution in [1.82, 2.24) is 10.6 Å². The van der Waals surface area contributed by atoms with E-state index in [1.54, 1.807) is 6.92 Å². The van der Waals surface area contributed by atoms with Crippen LogP contribution in [0.2, 0.25) is 0 Å². The number of rotatable bonds is 7. The Balaban J connectivity index is 1.28. The second-order valence-electron chi connectivity index (χ2n) is 9.33. The summed E-state index contributed by atoms with van der Waals surface area (Å²) in [5.74, 6) is -1.71.